The molecule has 0 spiro atoms. The number of hydrogen-bond donors (Lipinski definition) is 0. The van der Waals surface area contributed by atoms with E-state index < -0.39 is 4.84 Å². The van der Waals surface area contributed by atoms with E-state index in [1.54, 1.807) is 0 Å². The van der Waals surface area contributed by atoms with Crippen molar-refractivity contribution in [2.75, 3.05) is 0 Å². The van der Waals surface area contributed by atoms with Crippen LogP contribution in [0, 0.1) is 0 Å². The van der Waals surface area contributed by atoms with E-state index in [1.807, 2.05) is 45.0 Å². The molecule has 0 N–H and O–H groups in total. The Morgan fingerprint density at radius 2 is 1.88 bits per heavy atom. The Morgan fingerprint density at radius 1 is 1.18 bits per heavy atom. The van der Waals surface area contributed by atoms with Crippen molar-refractivity contribution in [3.63, 3.8) is 0 Å². The van der Waals surface area contributed by atoms with Gasteiger partial charge in [-0.1, -0.05) is 23.2 Å². The van der Waals surface area contributed by atoms with Crippen molar-refractivity contribution in [1.29, 1.82) is 0 Å². The average Bonchev–Trinajstić information content (AvgIpc) is 2.57. The molecule has 0 aliphatic heterocycles. The Bertz CT molecular complexity index is 524. The fourth-order valence-electron chi connectivity index (χ4n) is 1.57. The van der Waals surface area contributed by atoms with Crippen LogP contribution < -0.4 is 4.74 Å². The highest BCUT2D eigenvalue weighted by atomic mass is 35.5. The van der Waals surface area contributed by atoms with Gasteiger partial charge in [-0.25, -0.2) is 0 Å². The lowest BCUT2D eigenvalue weighted by Crippen LogP contribution is -2.22. The molecule has 4 heteroatoms. The summed E-state index contributed by atoms with van der Waals surface area (Å²) in [6.07, 6.45) is 0. The first-order valence-corrected chi connectivity index (χ1v) is 6.23. The lowest BCUT2D eigenvalue weighted by molar-refractivity contribution is 0.131. The van der Waals surface area contributed by atoms with Gasteiger partial charge in [0.15, 0.2) is 4.84 Å². The maximum Gasteiger partial charge on any atom is 0.165 e. The van der Waals surface area contributed by atoms with Crippen LogP contribution in [-0.4, -0.2) is 5.60 Å². The Balaban J connectivity index is 2.37. The predicted octanol–water partition coefficient (Wildman–Crippen LogP) is 5.09. The molecule has 0 unspecified atom stereocenters. The first kappa shape index (κ1) is 12.6. The predicted molar refractivity (Wildman–Crippen MR) is 71.0 cm³/mol. The molecule has 0 amide bonds. The van der Waals surface area contributed by atoms with Gasteiger partial charge in [0, 0.05) is 5.39 Å². The molecule has 0 saturated carbocycles. The molecular formula is C13H14Cl2O2. The second-order valence-electron chi connectivity index (χ2n) is 4.86. The summed E-state index contributed by atoms with van der Waals surface area (Å²) >= 11 is 11.5. The third kappa shape index (κ3) is 3.08. The molecule has 1 heterocycles. The third-order valence-corrected chi connectivity index (χ3v) is 2.58. The van der Waals surface area contributed by atoms with Gasteiger partial charge in [-0.05, 0) is 45.0 Å². The minimum Gasteiger partial charge on any atom is -0.488 e. The third-order valence-electron chi connectivity index (χ3n) is 2.15. The highest BCUT2D eigenvalue weighted by Crippen LogP contribution is 2.32. The normalized spacial score (nSPS) is 12.4. The number of alkyl halides is 2. The zero-order valence-electron chi connectivity index (χ0n) is 9.96. The van der Waals surface area contributed by atoms with Crippen molar-refractivity contribution in [3.8, 4) is 5.75 Å². The van der Waals surface area contributed by atoms with Gasteiger partial charge >= 0.3 is 0 Å². The van der Waals surface area contributed by atoms with Gasteiger partial charge in [-0.2, -0.15) is 0 Å². The van der Waals surface area contributed by atoms with E-state index in [1.165, 1.54) is 0 Å². The van der Waals surface area contributed by atoms with E-state index in [0.29, 0.717) is 5.76 Å². The van der Waals surface area contributed by atoms with Crippen molar-refractivity contribution in [2.45, 2.75) is 31.2 Å². The minimum atomic E-state index is -0.644. The smallest absolute Gasteiger partial charge is 0.165 e. The number of furan rings is 1. The van der Waals surface area contributed by atoms with Crippen LogP contribution >= 0.6 is 23.2 Å². The van der Waals surface area contributed by atoms with Crippen LogP contribution in [0.1, 0.15) is 31.4 Å². The number of fused-ring (bicyclic) bond motifs is 1. The van der Waals surface area contributed by atoms with Crippen LogP contribution in [0.15, 0.2) is 28.7 Å². The molecule has 0 saturated heterocycles. The minimum absolute atomic E-state index is 0.220. The van der Waals surface area contributed by atoms with Crippen LogP contribution in [0.3, 0.4) is 0 Å². The van der Waals surface area contributed by atoms with Gasteiger partial charge in [0.1, 0.15) is 22.7 Å². The van der Waals surface area contributed by atoms with E-state index in [9.17, 15) is 0 Å². The fourth-order valence-corrected chi connectivity index (χ4v) is 1.78. The van der Waals surface area contributed by atoms with Gasteiger partial charge in [0.25, 0.3) is 0 Å². The summed E-state index contributed by atoms with van der Waals surface area (Å²) in [5, 5.41) is 0.938. The van der Waals surface area contributed by atoms with Crippen molar-refractivity contribution >= 4 is 34.2 Å². The summed E-state index contributed by atoms with van der Waals surface area (Å²) in [5.41, 5.74) is 0.537. The highest BCUT2D eigenvalue weighted by Gasteiger charge is 2.14. The van der Waals surface area contributed by atoms with Crippen LogP contribution in [0.25, 0.3) is 11.0 Å². The SMILES string of the molecule is CC(C)(C)Oc1ccc2oc(C(Cl)Cl)cc2c1. The fraction of sp³-hybridized carbons (Fsp3) is 0.385. The first-order chi connectivity index (χ1) is 7.85. The summed E-state index contributed by atoms with van der Waals surface area (Å²) in [6, 6.07) is 7.48. The van der Waals surface area contributed by atoms with Crippen LogP contribution in [0.5, 0.6) is 5.75 Å². The van der Waals surface area contributed by atoms with Gasteiger partial charge in [-0.3, -0.25) is 0 Å². The Kier molecular flexibility index (Phi) is 3.28. The number of benzene rings is 1. The Morgan fingerprint density at radius 3 is 2.47 bits per heavy atom. The lowest BCUT2D eigenvalue weighted by Gasteiger charge is -2.21. The van der Waals surface area contributed by atoms with Crippen LogP contribution in [0.2, 0.25) is 0 Å². The van der Waals surface area contributed by atoms with Gasteiger partial charge < -0.3 is 9.15 Å². The second kappa shape index (κ2) is 4.43. The van der Waals surface area contributed by atoms with E-state index in [4.69, 9.17) is 32.4 Å². The molecule has 0 aliphatic rings. The maximum absolute atomic E-state index is 5.77. The summed E-state index contributed by atoms with van der Waals surface area (Å²) in [6.45, 7) is 6.02. The zero-order chi connectivity index (χ0) is 12.6. The van der Waals surface area contributed by atoms with E-state index in [0.717, 1.165) is 16.7 Å². The number of rotatable bonds is 2. The molecular weight excluding hydrogens is 259 g/mol. The second-order valence-corrected chi connectivity index (χ2v) is 5.96. The molecule has 0 radical (unpaired) electrons. The molecule has 1 aromatic carbocycles. The van der Waals surface area contributed by atoms with E-state index in [-0.39, 0.29) is 5.60 Å². The first-order valence-electron chi connectivity index (χ1n) is 5.36. The number of halogens is 2. The van der Waals surface area contributed by atoms with Crippen LogP contribution in [0.4, 0.5) is 0 Å². The number of hydrogen-bond acceptors (Lipinski definition) is 2. The summed E-state index contributed by atoms with van der Waals surface area (Å²) < 4.78 is 11.3. The van der Waals surface area contributed by atoms with Crippen molar-refractivity contribution < 1.29 is 9.15 Å². The average molecular weight is 273 g/mol. The van der Waals surface area contributed by atoms with E-state index in [2.05, 4.69) is 0 Å². The molecule has 0 fully saturated rings. The zero-order valence-corrected chi connectivity index (χ0v) is 11.5. The van der Waals surface area contributed by atoms with Gasteiger partial charge in [-0.15, -0.1) is 0 Å². The molecule has 0 bridgehead atoms. The molecule has 17 heavy (non-hydrogen) atoms. The summed E-state index contributed by atoms with van der Waals surface area (Å²) in [4.78, 5) is -0.644. The molecule has 2 nitrogen and oxygen atoms in total. The monoisotopic (exact) mass is 272 g/mol. The van der Waals surface area contributed by atoms with Gasteiger partial charge in [0.05, 0.1) is 0 Å². The molecule has 2 rings (SSSR count). The Hall–Kier alpha value is -0.860. The molecule has 0 aliphatic carbocycles. The van der Waals surface area contributed by atoms with E-state index >= 15 is 0 Å². The van der Waals surface area contributed by atoms with Crippen molar-refractivity contribution in [1.82, 2.24) is 0 Å². The molecule has 1 aromatic heterocycles. The van der Waals surface area contributed by atoms with Crippen molar-refractivity contribution in [3.05, 3.63) is 30.0 Å². The lowest BCUT2D eigenvalue weighted by atomic mass is 10.2. The number of ether oxygens (including phenoxy) is 1. The largest absolute Gasteiger partial charge is 0.488 e. The standard InChI is InChI=1S/C13H14Cl2O2/c1-13(2,3)17-9-4-5-10-8(6-9)7-11(16-10)12(14)15/h4-7,12H,1-3H3. The van der Waals surface area contributed by atoms with Crippen LogP contribution in [-0.2, 0) is 0 Å². The maximum atomic E-state index is 5.77. The van der Waals surface area contributed by atoms with Crippen molar-refractivity contribution in [2.24, 2.45) is 0 Å². The molecule has 0 atom stereocenters. The summed E-state index contributed by atoms with van der Waals surface area (Å²) in [7, 11) is 0. The van der Waals surface area contributed by atoms with Gasteiger partial charge in [0.2, 0.25) is 0 Å². The molecule has 92 valence electrons. The topological polar surface area (TPSA) is 22.4 Å². The summed E-state index contributed by atoms with van der Waals surface area (Å²) in [5.74, 6) is 1.36. The highest BCUT2D eigenvalue weighted by molar-refractivity contribution is 6.43. The Labute approximate surface area is 110 Å². The quantitative estimate of drug-likeness (QED) is 0.711. The molecule has 2 aromatic rings.